The van der Waals surface area contributed by atoms with Gasteiger partial charge in [-0.05, 0) is 95.7 Å². The van der Waals surface area contributed by atoms with Gasteiger partial charge in [0, 0.05) is 0 Å². The molecule has 0 amide bonds. The van der Waals surface area contributed by atoms with Crippen LogP contribution >= 0.6 is 0 Å². The highest BCUT2D eigenvalue weighted by atomic mass is 14.3. The molecule has 0 aromatic heterocycles. The molecule has 190 valence electrons. The van der Waals surface area contributed by atoms with Crippen LogP contribution in [0.3, 0.4) is 0 Å². The predicted octanol–water partition coefficient (Wildman–Crippen LogP) is 10.7. The Balaban J connectivity index is 1.53. The summed E-state index contributed by atoms with van der Waals surface area (Å²) in [5.74, 6) is 0. The lowest BCUT2D eigenvalue weighted by molar-refractivity contribution is 1.41. The van der Waals surface area contributed by atoms with Gasteiger partial charge in [0.15, 0.2) is 0 Å². The molecule has 0 radical (unpaired) electrons. The average Bonchev–Trinajstić information content (AvgIpc) is 3.17. The number of nitriles is 1. The lowest BCUT2D eigenvalue weighted by atomic mass is 9.82. The Bertz CT molecular complexity index is 2150. The van der Waals surface area contributed by atoms with Gasteiger partial charge in [-0.2, -0.15) is 5.26 Å². The molecule has 1 heteroatoms. The van der Waals surface area contributed by atoms with E-state index in [9.17, 15) is 5.26 Å². The van der Waals surface area contributed by atoms with Gasteiger partial charge in [-0.25, -0.2) is 0 Å². The molecule has 1 nitrogen and oxygen atoms in total. The quantitative estimate of drug-likeness (QED) is 0.228. The molecule has 0 unspecified atom stereocenters. The minimum atomic E-state index is 0.676. The molecular formula is C40H25N. The van der Waals surface area contributed by atoms with Gasteiger partial charge in [0.1, 0.15) is 0 Å². The summed E-state index contributed by atoms with van der Waals surface area (Å²) >= 11 is 0. The number of hydrogen-bond donors (Lipinski definition) is 0. The number of allylic oxidation sites excluding steroid dienone is 6. The molecule has 0 bridgehead atoms. The second-order valence-corrected chi connectivity index (χ2v) is 10.7. The van der Waals surface area contributed by atoms with Crippen molar-refractivity contribution >= 4 is 27.1 Å². The molecule has 0 saturated heterocycles. The normalized spacial score (nSPS) is 13.2. The molecule has 0 fully saturated rings. The third kappa shape index (κ3) is 3.55. The van der Waals surface area contributed by atoms with Crippen molar-refractivity contribution in [3.05, 3.63) is 151 Å². The summed E-state index contributed by atoms with van der Waals surface area (Å²) in [6, 6.07) is 41.2. The molecule has 0 spiro atoms. The zero-order chi connectivity index (χ0) is 27.3. The fraction of sp³-hybridized carbons (Fsp3) is 0.0250. The molecule has 0 N–H and O–H groups in total. The number of hydrogen-bond acceptors (Lipinski definition) is 1. The maximum atomic E-state index is 9.34. The van der Waals surface area contributed by atoms with Gasteiger partial charge in [0.05, 0.1) is 11.6 Å². The first-order valence-corrected chi connectivity index (χ1v) is 14.1. The van der Waals surface area contributed by atoms with E-state index < -0.39 is 0 Å². The number of rotatable bonds is 3. The minimum absolute atomic E-state index is 0.676. The molecule has 2 aliphatic carbocycles. The van der Waals surface area contributed by atoms with Crippen LogP contribution in [0, 0.1) is 11.3 Å². The van der Waals surface area contributed by atoms with Crippen LogP contribution in [0.5, 0.6) is 0 Å². The molecular weight excluding hydrogens is 494 g/mol. The summed E-state index contributed by atoms with van der Waals surface area (Å²) in [6.07, 6.45) is 12.0. The maximum Gasteiger partial charge on any atom is 0.0991 e. The largest absolute Gasteiger partial charge is 0.192 e. The third-order valence-corrected chi connectivity index (χ3v) is 8.47. The molecule has 0 aliphatic heterocycles. The standard InChI is InChI=1S/C40H25N/c41-25-26-19-21-27(22-20-26)30-23-24-35-38-31(30)17-10-18-34(38)39-36(28-11-4-1-2-5-12-28)32-15-8-9-16-33(32)37(40(35)39)29-13-6-3-7-14-29/h1-4,6-24H,5H2. The van der Waals surface area contributed by atoms with Gasteiger partial charge >= 0.3 is 0 Å². The highest BCUT2D eigenvalue weighted by Crippen LogP contribution is 2.57. The van der Waals surface area contributed by atoms with E-state index >= 15 is 0 Å². The smallest absolute Gasteiger partial charge is 0.0991 e. The Kier molecular flexibility index (Phi) is 5.34. The first-order valence-electron chi connectivity index (χ1n) is 14.1. The Morgan fingerprint density at radius 1 is 0.512 bits per heavy atom. The molecule has 6 aromatic carbocycles. The van der Waals surface area contributed by atoms with E-state index in [-0.39, 0.29) is 0 Å². The van der Waals surface area contributed by atoms with E-state index in [0.717, 1.165) is 12.0 Å². The SMILES string of the molecule is N#Cc1ccc(-c2ccc3c4c(cccc24)-c2c-3c(-c3ccccc3)c3ccccc3c2C2=CCC=CC=C2)cc1. The molecule has 0 heterocycles. The Labute approximate surface area is 239 Å². The molecule has 41 heavy (non-hydrogen) atoms. The predicted molar refractivity (Wildman–Crippen MR) is 172 cm³/mol. The van der Waals surface area contributed by atoms with Gasteiger partial charge in [-0.1, -0.05) is 127 Å². The molecule has 0 saturated carbocycles. The van der Waals surface area contributed by atoms with Gasteiger partial charge in [-0.15, -0.1) is 0 Å². The fourth-order valence-electron chi connectivity index (χ4n) is 6.75. The van der Waals surface area contributed by atoms with Crippen LogP contribution < -0.4 is 0 Å². The second-order valence-electron chi connectivity index (χ2n) is 10.7. The first-order chi connectivity index (χ1) is 20.3. The summed E-state index contributed by atoms with van der Waals surface area (Å²) in [4.78, 5) is 0. The Hall–Kier alpha value is -5.45. The number of nitrogens with zero attached hydrogens (tertiary/aromatic N) is 1. The van der Waals surface area contributed by atoms with E-state index in [1.54, 1.807) is 0 Å². The highest BCUT2D eigenvalue weighted by Gasteiger charge is 2.31. The van der Waals surface area contributed by atoms with Crippen molar-refractivity contribution in [1.82, 2.24) is 0 Å². The van der Waals surface area contributed by atoms with Crippen molar-refractivity contribution in [3.8, 4) is 50.6 Å². The van der Waals surface area contributed by atoms with Crippen LogP contribution in [0.1, 0.15) is 17.5 Å². The Morgan fingerprint density at radius 2 is 1.20 bits per heavy atom. The minimum Gasteiger partial charge on any atom is -0.192 e. The molecule has 6 aromatic rings. The van der Waals surface area contributed by atoms with Crippen molar-refractivity contribution in [2.45, 2.75) is 6.42 Å². The number of benzene rings is 6. The van der Waals surface area contributed by atoms with Crippen LogP contribution in [0.25, 0.3) is 71.6 Å². The van der Waals surface area contributed by atoms with Crippen LogP contribution in [-0.4, -0.2) is 0 Å². The third-order valence-electron chi connectivity index (χ3n) is 8.47. The summed E-state index contributed by atoms with van der Waals surface area (Å²) in [6.45, 7) is 0. The van der Waals surface area contributed by atoms with Crippen LogP contribution in [0.2, 0.25) is 0 Å². The van der Waals surface area contributed by atoms with Crippen LogP contribution in [-0.2, 0) is 0 Å². The van der Waals surface area contributed by atoms with Crippen molar-refractivity contribution in [2.24, 2.45) is 0 Å². The van der Waals surface area contributed by atoms with Gasteiger partial charge in [-0.3, -0.25) is 0 Å². The van der Waals surface area contributed by atoms with Crippen molar-refractivity contribution < 1.29 is 0 Å². The van der Waals surface area contributed by atoms with Crippen molar-refractivity contribution in [3.63, 3.8) is 0 Å². The number of fused-ring (bicyclic) bond motifs is 4. The lowest BCUT2D eigenvalue weighted by Crippen LogP contribution is -1.95. The van der Waals surface area contributed by atoms with Crippen molar-refractivity contribution in [2.75, 3.05) is 0 Å². The zero-order valence-corrected chi connectivity index (χ0v) is 22.4. The zero-order valence-electron chi connectivity index (χ0n) is 22.4. The van der Waals surface area contributed by atoms with Gasteiger partial charge in [0.2, 0.25) is 0 Å². The maximum absolute atomic E-state index is 9.34. The molecule has 0 atom stereocenters. The van der Waals surface area contributed by atoms with E-state index in [4.69, 9.17) is 0 Å². The van der Waals surface area contributed by atoms with Crippen LogP contribution in [0.4, 0.5) is 0 Å². The summed E-state index contributed by atoms with van der Waals surface area (Å²) in [5.41, 5.74) is 13.3. The summed E-state index contributed by atoms with van der Waals surface area (Å²) in [7, 11) is 0. The average molecular weight is 520 g/mol. The van der Waals surface area contributed by atoms with Crippen molar-refractivity contribution in [1.29, 1.82) is 5.26 Å². The Morgan fingerprint density at radius 3 is 2.00 bits per heavy atom. The monoisotopic (exact) mass is 519 g/mol. The molecule has 8 rings (SSSR count). The summed E-state index contributed by atoms with van der Waals surface area (Å²) in [5, 5.41) is 14.4. The summed E-state index contributed by atoms with van der Waals surface area (Å²) < 4.78 is 0. The van der Waals surface area contributed by atoms with E-state index in [0.29, 0.717) is 5.56 Å². The first kappa shape index (κ1) is 23.4. The van der Waals surface area contributed by atoms with E-state index in [1.807, 2.05) is 12.1 Å². The highest BCUT2D eigenvalue weighted by molar-refractivity contribution is 6.27. The van der Waals surface area contributed by atoms with Gasteiger partial charge < -0.3 is 0 Å². The fourth-order valence-corrected chi connectivity index (χ4v) is 6.75. The van der Waals surface area contributed by atoms with Crippen LogP contribution in [0.15, 0.2) is 140 Å². The topological polar surface area (TPSA) is 23.8 Å². The van der Waals surface area contributed by atoms with Gasteiger partial charge in [0.25, 0.3) is 0 Å². The lowest BCUT2D eigenvalue weighted by Gasteiger charge is -2.20. The van der Waals surface area contributed by atoms with E-state index in [2.05, 4.69) is 134 Å². The van der Waals surface area contributed by atoms with E-state index in [1.165, 1.54) is 71.6 Å². The molecule has 2 aliphatic rings. The second kappa shape index (κ2) is 9.33.